The van der Waals surface area contributed by atoms with E-state index in [2.05, 4.69) is 5.32 Å². The molecule has 0 aliphatic carbocycles. The maximum atomic E-state index is 11.3. The van der Waals surface area contributed by atoms with Crippen molar-refractivity contribution in [2.24, 2.45) is 5.73 Å². The van der Waals surface area contributed by atoms with Gasteiger partial charge < -0.3 is 10.6 Å². The first-order chi connectivity index (χ1) is 5.97. The van der Waals surface area contributed by atoms with Crippen LogP contribution < -0.4 is 11.1 Å². The van der Waals surface area contributed by atoms with Crippen LogP contribution in [-0.2, 0) is 4.79 Å². The van der Waals surface area contributed by atoms with E-state index >= 15 is 0 Å². The Balaban J connectivity index is 2.71. The fourth-order valence-electron chi connectivity index (χ4n) is 1.42. The minimum absolute atomic E-state index is 0.145. The molecule has 1 heterocycles. The van der Waals surface area contributed by atoms with Crippen LogP contribution in [0.4, 0.5) is 4.79 Å². The van der Waals surface area contributed by atoms with Gasteiger partial charge in [-0.05, 0) is 26.8 Å². The number of nitrogens with one attached hydrogen (secondary N) is 1. The van der Waals surface area contributed by atoms with Crippen LogP contribution in [0.1, 0.15) is 20.3 Å². The average molecular weight is 185 g/mol. The van der Waals surface area contributed by atoms with E-state index < -0.39 is 0 Å². The fraction of sp³-hybridized carbons (Fsp3) is 0.750. The lowest BCUT2D eigenvalue weighted by atomic mass is 9.99. The minimum atomic E-state index is -0.342. The molecule has 0 bridgehead atoms. The summed E-state index contributed by atoms with van der Waals surface area (Å²) in [6.07, 6.45) is 0.688. The molecule has 0 aromatic heterocycles. The number of rotatable bonds is 3. The van der Waals surface area contributed by atoms with Gasteiger partial charge in [0.1, 0.15) is 6.54 Å². The van der Waals surface area contributed by atoms with Crippen LogP contribution >= 0.6 is 0 Å². The molecule has 0 atom stereocenters. The lowest BCUT2D eigenvalue weighted by Gasteiger charge is -2.33. The van der Waals surface area contributed by atoms with Crippen molar-refractivity contribution in [3.05, 3.63) is 0 Å². The Bertz CT molecular complexity index is 238. The summed E-state index contributed by atoms with van der Waals surface area (Å²) in [6, 6.07) is -0.316. The molecular formula is C8H15N3O2. The summed E-state index contributed by atoms with van der Waals surface area (Å²) in [5, 5.41) is 2.24. The average Bonchev–Trinajstić information content (AvgIpc) is 2.30. The molecule has 5 nitrogen and oxygen atoms in total. The Kier molecular flexibility index (Phi) is 2.56. The van der Waals surface area contributed by atoms with Crippen molar-refractivity contribution >= 4 is 11.9 Å². The highest BCUT2D eigenvalue weighted by Crippen LogP contribution is 2.20. The molecule has 1 fully saturated rings. The van der Waals surface area contributed by atoms with E-state index in [9.17, 15) is 9.59 Å². The second-order valence-electron chi connectivity index (χ2n) is 3.79. The predicted molar refractivity (Wildman–Crippen MR) is 48.0 cm³/mol. The summed E-state index contributed by atoms with van der Waals surface area (Å²) in [5.41, 5.74) is 5.08. The molecule has 3 amide bonds. The Morgan fingerprint density at radius 2 is 2.15 bits per heavy atom. The first-order valence-corrected chi connectivity index (χ1v) is 4.29. The molecule has 74 valence electrons. The highest BCUT2D eigenvalue weighted by molar-refractivity contribution is 6.02. The van der Waals surface area contributed by atoms with Gasteiger partial charge in [0.25, 0.3) is 0 Å². The first kappa shape index (κ1) is 9.98. The van der Waals surface area contributed by atoms with Crippen molar-refractivity contribution in [1.82, 2.24) is 10.2 Å². The Hall–Kier alpha value is -1.10. The van der Waals surface area contributed by atoms with E-state index in [0.717, 1.165) is 0 Å². The van der Waals surface area contributed by atoms with Crippen molar-refractivity contribution in [2.45, 2.75) is 25.8 Å². The topological polar surface area (TPSA) is 75.4 Å². The van der Waals surface area contributed by atoms with Crippen molar-refractivity contribution in [2.75, 3.05) is 13.1 Å². The van der Waals surface area contributed by atoms with Crippen molar-refractivity contribution in [3.63, 3.8) is 0 Å². The number of imide groups is 1. The third-order valence-electron chi connectivity index (χ3n) is 2.28. The minimum Gasteiger partial charge on any atom is -0.330 e. The van der Waals surface area contributed by atoms with Gasteiger partial charge in [-0.3, -0.25) is 10.1 Å². The van der Waals surface area contributed by atoms with Crippen LogP contribution in [-0.4, -0.2) is 35.5 Å². The SMILES string of the molecule is CC(C)(CCN)N1CC(=O)NC1=O. The second-order valence-corrected chi connectivity index (χ2v) is 3.79. The molecule has 0 aromatic rings. The summed E-state index contributed by atoms with van der Waals surface area (Å²) >= 11 is 0. The van der Waals surface area contributed by atoms with Gasteiger partial charge in [-0.2, -0.15) is 0 Å². The standard InChI is InChI=1S/C8H15N3O2/c1-8(2,3-4-9)11-5-6(12)10-7(11)13/h3-5,9H2,1-2H3,(H,10,12,13). The molecule has 1 rings (SSSR count). The molecule has 0 saturated carbocycles. The number of nitrogens with two attached hydrogens (primary N) is 1. The van der Waals surface area contributed by atoms with Crippen LogP contribution in [0, 0.1) is 0 Å². The first-order valence-electron chi connectivity index (χ1n) is 4.29. The lowest BCUT2D eigenvalue weighted by Crippen LogP contribution is -2.46. The predicted octanol–water partition coefficient (Wildman–Crippen LogP) is -0.334. The summed E-state index contributed by atoms with van der Waals surface area (Å²) in [6.45, 7) is 4.45. The normalized spacial score (nSPS) is 17.9. The van der Waals surface area contributed by atoms with Gasteiger partial charge in [-0.1, -0.05) is 0 Å². The van der Waals surface area contributed by atoms with Gasteiger partial charge in [0.05, 0.1) is 0 Å². The molecule has 0 radical (unpaired) electrons. The Morgan fingerprint density at radius 1 is 1.54 bits per heavy atom. The van der Waals surface area contributed by atoms with Gasteiger partial charge in [-0.25, -0.2) is 4.79 Å². The van der Waals surface area contributed by atoms with Crippen molar-refractivity contribution < 1.29 is 9.59 Å². The molecule has 13 heavy (non-hydrogen) atoms. The molecule has 3 N–H and O–H groups in total. The van der Waals surface area contributed by atoms with Gasteiger partial charge in [0, 0.05) is 5.54 Å². The summed E-state index contributed by atoms with van der Waals surface area (Å²) in [7, 11) is 0. The van der Waals surface area contributed by atoms with Crippen LogP contribution in [0.25, 0.3) is 0 Å². The molecule has 1 saturated heterocycles. The zero-order valence-electron chi connectivity index (χ0n) is 7.96. The van der Waals surface area contributed by atoms with E-state index in [1.54, 1.807) is 0 Å². The van der Waals surface area contributed by atoms with Gasteiger partial charge in [0.15, 0.2) is 0 Å². The third kappa shape index (κ3) is 1.98. The van der Waals surface area contributed by atoms with Gasteiger partial charge in [0.2, 0.25) is 5.91 Å². The van der Waals surface area contributed by atoms with Crippen molar-refractivity contribution in [1.29, 1.82) is 0 Å². The maximum absolute atomic E-state index is 11.3. The fourth-order valence-corrected chi connectivity index (χ4v) is 1.42. The number of hydrogen-bond acceptors (Lipinski definition) is 3. The smallest absolute Gasteiger partial charge is 0.325 e. The lowest BCUT2D eigenvalue weighted by molar-refractivity contribution is -0.118. The number of carbonyl (C=O) groups is 2. The molecular weight excluding hydrogens is 170 g/mol. The molecule has 1 aliphatic heterocycles. The van der Waals surface area contributed by atoms with E-state index in [4.69, 9.17) is 5.73 Å². The van der Waals surface area contributed by atoms with Gasteiger partial charge >= 0.3 is 6.03 Å². The third-order valence-corrected chi connectivity index (χ3v) is 2.28. The summed E-state index contributed by atoms with van der Waals surface area (Å²) in [5.74, 6) is -0.241. The van der Waals surface area contributed by atoms with Crippen LogP contribution in [0.5, 0.6) is 0 Å². The number of hydrogen-bond donors (Lipinski definition) is 2. The van der Waals surface area contributed by atoms with Crippen LogP contribution in [0.3, 0.4) is 0 Å². The molecule has 0 aromatic carbocycles. The molecule has 1 aliphatic rings. The van der Waals surface area contributed by atoms with E-state index in [0.29, 0.717) is 13.0 Å². The van der Waals surface area contributed by atoms with E-state index in [1.807, 2.05) is 13.8 Å². The summed E-state index contributed by atoms with van der Waals surface area (Å²) in [4.78, 5) is 23.7. The number of carbonyl (C=O) groups excluding carboxylic acids is 2. The van der Waals surface area contributed by atoms with E-state index in [-0.39, 0.29) is 24.0 Å². The van der Waals surface area contributed by atoms with Crippen LogP contribution in [0.15, 0.2) is 0 Å². The zero-order chi connectivity index (χ0) is 10.1. The van der Waals surface area contributed by atoms with Crippen molar-refractivity contribution in [3.8, 4) is 0 Å². The Labute approximate surface area is 77.3 Å². The Morgan fingerprint density at radius 3 is 2.54 bits per heavy atom. The number of nitrogens with zero attached hydrogens (tertiary/aromatic N) is 1. The highest BCUT2D eigenvalue weighted by Gasteiger charge is 2.37. The molecule has 0 unspecified atom stereocenters. The molecule has 0 spiro atoms. The monoisotopic (exact) mass is 185 g/mol. The second kappa shape index (κ2) is 3.33. The number of urea groups is 1. The molecule has 5 heteroatoms. The quantitative estimate of drug-likeness (QED) is 0.591. The zero-order valence-corrected chi connectivity index (χ0v) is 7.96. The maximum Gasteiger partial charge on any atom is 0.325 e. The van der Waals surface area contributed by atoms with E-state index in [1.165, 1.54) is 4.90 Å². The number of amides is 3. The largest absolute Gasteiger partial charge is 0.330 e. The van der Waals surface area contributed by atoms with Gasteiger partial charge in [-0.15, -0.1) is 0 Å². The highest BCUT2D eigenvalue weighted by atomic mass is 16.2. The summed E-state index contributed by atoms with van der Waals surface area (Å²) < 4.78 is 0. The van der Waals surface area contributed by atoms with Crippen LogP contribution in [0.2, 0.25) is 0 Å².